The van der Waals surface area contributed by atoms with Crippen LogP contribution in [0.4, 0.5) is 19.0 Å². The molecule has 10 heteroatoms. The first-order valence-electron chi connectivity index (χ1n) is 7.57. The lowest BCUT2D eigenvalue weighted by Crippen LogP contribution is -2.31. The average molecular weight is 375 g/mol. The number of carbonyl (C=O) groups excluding carboxylic acids is 1. The van der Waals surface area contributed by atoms with Crippen LogP contribution in [0.5, 0.6) is 5.75 Å². The van der Waals surface area contributed by atoms with Gasteiger partial charge in [0, 0.05) is 5.39 Å². The van der Waals surface area contributed by atoms with Crippen molar-refractivity contribution in [2.75, 3.05) is 12.4 Å². The Kier molecular flexibility index (Phi) is 4.45. The summed E-state index contributed by atoms with van der Waals surface area (Å²) in [6.07, 6.45) is -4.06. The Bertz CT molecular complexity index is 1080. The normalized spacial score (nSPS) is 11.3. The molecule has 0 spiro atoms. The summed E-state index contributed by atoms with van der Waals surface area (Å²) in [5, 5.41) is 15.5. The van der Waals surface area contributed by atoms with Gasteiger partial charge in [0.15, 0.2) is 11.6 Å². The summed E-state index contributed by atoms with van der Waals surface area (Å²) < 4.78 is 44.1. The van der Waals surface area contributed by atoms with Gasteiger partial charge < -0.3 is 10.1 Å². The number of amides is 1. The van der Waals surface area contributed by atoms with Crippen LogP contribution >= 0.6 is 0 Å². The summed E-state index contributed by atoms with van der Waals surface area (Å²) in [4.78, 5) is 15.7. The highest BCUT2D eigenvalue weighted by atomic mass is 19.4. The van der Waals surface area contributed by atoms with E-state index in [0.29, 0.717) is 11.3 Å². The minimum Gasteiger partial charge on any atom is -0.494 e. The van der Waals surface area contributed by atoms with E-state index >= 15 is 0 Å². The van der Waals surface area contributed by atoms with Crippen molar-refractivity contribution in [1.29, 1.82) is 5.26 Å². The zero-order chi connectivity index (χ0) is 19.8. The summed E-state index contributed by atoms with van der Waals surface area (Å²) in [5.74, 6) is -2.04. The molecular formula is C17H12F3N5O2. The van der Waals surface area contributed by atoms with Crippen LogP contribution in [0.1, 0.15) is 11.1 Å². The van der Waals surface area contributed by atoms with Gasteiger partial charge in [-0.25, -0.2) is 4.98 Å². The SMILES string of the molecule is COc1cccc2c(C)cc(-n3ncc(C#N)c3NC(=O)C(F)(F)F)nc12. The number of halogens is 3. The minimum absolute atomic E-state index is 0.128. The first-order chi connectivity index (χ1) is 12.8. The number of ether oxygens (including phenoxy) is 1. The van der Waals surface area contributed by atoms with Gasteiger partial charge in [-0.2, -0.15) is 28.2 Å². The van der Waals surface area contributed by atoms with Crippen LogP contribution in [0.25, 0.3) is 16.7 Å². The van der Waals surface area contributed by atoms with E-state index in [1.165, 1.54) is 7.11 Å². The number of fused-ring (bicyclic) bond motifs is 1. The molecule has 0 unspecified atom stereocenters. The van der Waals surface area contributed by atoms with Crippen LogP contribution in [0.3, 0.4) is 0 Å². The number of aromatic nitrogens is 3. The summed E-state index contributed by atoms with van der Waals surface area (Å²) >= 11 is 0. The maximum atomic E-state index is 12.6. The average Bonchev–Trinajstić information content (AvgIpc) is 3.03. The maximum Gasteiger partial charge on any atom is 0.471 e. The first kappa shape index (κ1) is 18.2. The lowest BCUT2D eigenvalue weighted by Gasteiger charge is -2.13. The molecule has 2 heterocycles. The van der Waals surface area contributed by atoms with Crippen molar-refractivity contribution in [2.24, 2.45) is 0 Å². The Morgan fingerprint density at radius 1 is 1.37 bits per heavy atom. The Balaban J connectivity index is 2.19. The number of carbonyl (C=O) groups is 1. The Labute approximate surface area is 151 Å². The van der Waals surface area contributed by atoms with Crippen molar-refractivity contribution in [2.45, 2.75) is 13.1 Å². The van der Waals surface area contributed by atoms with Crippen LogP contribution in [0.15, 0.2) is 30.5 Å². The van der Waals surface area contributed by atoms with Gasteiger partial charge in [-0.05, 0) is 24.6 Å². The number of nitrogens with zero attached hydrogens (tertiary/aromatic N) is 4. The number of benzene rings is 1. The Morgan fingerprint density at radius 2 is 2.11 bits per heavy atom. The third-order valence-corrected chi connectivity index (χ3v) is 3.81. The van der Waals surface area contributed by atoms with Crippen LogP contribution in [-0.2, 0) is 4.79 Å². The predicted octanol–water partition coefficient (Wildman–Crippen LogP) is 3.11. The topological polar surface area (TPSA) is 92.8 Å². The van der Waals surface area contributed by atoms with Crippen LogP contribution in [0.2, 0.25) is 0 Å². The largest absolute Gasteiger partial charge is 0.494 e. The van der Waals surface area contributed by atoms with Gasteiger partial charge in [-0.15, -0.1) is 0 Å². The smallest absolute Gasteiger partial charge is 0.471 e. The summed E-state index contributed by atoms with van der Waals surface area (Å²) in [6, 6.07) is 8.57. The van der Waals surface area contributed by atoms with Crippen LogP contribution in [0, 0.1) is 18.3 Å². The fourth-order valence-electron chi connectivity index (χ4n) is 2.55. The number of aryl methyl sites for hydroxylation is 1. The van der Waals surface area contributed by atoms with Gasteiger partial charge in [0.2, 0.25) is 0 Å². The molecule has 3 rings (SSSR count). The Morgan fingerprint density at radius 3 is 2.74 bits per heavy atom. The number of nitrogens with one attached hydrogen (secondary N) is 1. The molecule has 0 radical (unpaired) electrons. The molecule has 3 aromatic rings. The molecule has 0 saturated carbocycles. The van der Waals surface area contributed by atoms with Crippen LogP contribution in [-0.4, -0.2) is 34.0 Å². The highest BCUT2D eigenvalue weighted by molar-refractivity contribution is 5.95. The summed E-state index contributed by atoms with van der Waals surface area (Å²) in [7, 11) is 1.47. The van der Waals surface area contributed by atoms with Gasteiger partial charge in [0.1, 0.15) is 22.9 Å². The lowest BCUT2D eigenvalue weighted by atomic mass is 10.1. The molecule has 0 aliphatic heterocycles. The van der Waals surface area contributed by atoms with Crippen LogP contribution < -0.4 is 10.1 Å². The second-order valence-electron chi connectivity index (χ2n) is 5.54. The molecule has 0 fully saturated rings. The zero-order valence-electron chi connectivity index (χ0n) is 14.1. The summed E-state index contributed by atoms with van der Waals surface area (Å²) in [6.45, 7) is 1.79. The maximum absolute atomic E-state index is 12.6. The van der Waals surface area contributed by atoms with E-state index < -0.39 is 17.9 Å². The van der Waals surface area contributed by atoms with E-state index in [4.69, 9.17) is 10.00 Å². The summed E-state index contributed by atoms with van der Waals surface area (Å²) in [5.41, 5.74) is 1.00. The molecule has 7 nitrogen and oxygen atoms in total. The number of nitriles is 1. The van der Waals surface area contributed by atoms with Crippen molar-refractivity contribution in [3.05, 3.63) is 41.6 Å². The number of hydrogen-bond donors (Lipinski definition) is 1. The van der Waals surface area contributed by atoms with Crippen molar-refractivity contribution >= 4 is 22.6 Å². The molecule has 0 atom stereocenters. The van der Waals surface area contributed by atoms with E-state index in [-0.39, 0.29) is 11.4 Å². The number of pyridine rings is 1. The number of para-hydroxylation sites is 1. The fraction of sp³-hybridized carbons (Fsp3) is 0.176. The fourth-order valence-corrected chi connectivity index (χ4v) is 2.55. The second-order valence-corrected chi connectivity index (χ2v) is 5.54. The molecule has 1 N–H and O–H groups in total. The number of methoxy groups -OCH3 is 1. The lowest BCUT2D eigenvalue weighted by molar-refractivity contribution is -0.167. The number of anilines is 1. The van der Waals surface area contributed by atoms with Crippen molar-refractivity contribution in [1.82, 2.24) is 14.8 Å². The molecule has 2 aromatic heterocycles. The zero-order valence-corrected chi connectivity index (χ0v) is 14.1. The minimum atomic E-state index is -5.11. The van der Waals surface area contributed by atoms with Crippen molar-refractivity contribution < 1.29 is 22.7 Å². The predicted molar refractivity (Wildman–Crippen MR) is 89.6 cm³/mol. The van der Waals surface area contributed by atoms with Gasteiger partial charge >= 0.3 is 12.1 Å². The van der Waals surface area contributed by atoms with E-state index in [1.54, 1.807) is 36.5 Å². The van der Waals surface area contributed by atoms with Crippen molar-refractivity contribution in [3.8, 4) is 17.6 Å². The Hall–Kier alpha value is -3.61. The standard InChI is InChI=1S/C17H12F3N5O2/c1-9-6-13(23-14-11(9)4-3-5-12(14)27-2)25-15(10(7-21)8-22-25)24-16(26)17(18,19)20/h3-6,8H,1-2H3,(H,24,26). The molecular weight excluding hydrogens is 363 g/mol. The van der Waals surface area contributed by atoms with E-state index in [2.05, 4.69) is 10.1 Å². The number of alkyl halides is 3. The highest BCUT2D eigenvalue weighted by Gasteiger charge is 2.39. The quantitative estimate of drug-likeness (QED) is 0.759. The second kappa shape index (κ2) is 6.60. The van der Waals surface area contributed by atoms with E-state index in [9.17, 15) is 18.0 Å². The third kappa shape index (κ3) is 3.27. The monoisotopic (exact) mass is 375 g/mol. The molecule has 0 bridgehead atoms. The molecule has 1 amide bonds. The van der Waals surface area contributed by atoms with Gasteiger partial charge in [-0.1, -0.05) is 12.1 Å². The number of hydrogen-bond acceptors (Lipinski definition) is 5. The first-order valence-corrected chi connectivity index (χ1v) is 7.57. The van der Waals surface area contributed by atoms with Gasteiger partial charge in [-0.3, -0.25) is 4.79 Å². The van der Waals surface area contributed by atoms with Gasteiger partial charge in [0.25, 0.3) is 0 Å². The molecule has 1 aromatic carbocycles. The number of rotatable bonds is 3. The highest BCUT2D eigenvalue weighted by Crippen LogP contribution is 2.29. The molecule has 0 aliphatic rings. The molecule has 138 valence electrons. The van der Waals surface area contributed by atoms with Crippen molar-refractivity contribution in [3.63, 3.8) is 0 Å². The van der Waals surface area contributed by atoms with Gasteiger partial charge in [0.05, 0.1) is 13.3 Å². The van der Waals surface area contributed by atoms with E-state index in [1.807, 2.05) is 6.07 Å². The molecule has 0 saturated heterocycles. The third-order valence-electron chi connectivity index (χ3n) is 3.81. The molecule has 0 aliphatic carbocycles. The molecule has 27 heavy (non-hydrogen) atoms. The van der Waals surface area contributed by atoms with E-state index in [0.717, 1.165) is 21.8 Å².